The summed E-state index contributed by atoms with van der Waals surface area (Å²) in [5.74, 6) is 0.297. The lowest BCUT2D eigenvalue weighted by atomic mass is 9.76. The number of phenols is 1. The summed E-state index contributed by atoms with van der Waals surface area (Å²) in [6.07, 6.45) is 3.54. The second-order valence-corrected chi connectivity index (χ2v) is 4.01. The van der Waals surface area contributed by atoms with Gasteiger partial charge in [-0.2, -0.15) is 0 Å². The van der Waals surface area contributed by atoms with Crippen LogP contribution < -0.4 is 11.1 Å². The molecule has 4 N–H and O–H groups in total. The zero-order valence-electron chi connectivity index (χ0n) is 8.16. The molecule has 0 heterocycles. The molecule has 0 spiro atoms. The Bertz CT molecular complexity index is 298. The van der Waals surface area contributed by atoms with E-state index in [1.165, 1.54) is 6.42 Å². The molecule has 0 atom stereocenters. The molecule has 0 aromatic heterocycles. The van der Waals surface area contributed by atoms with Crippen LogP contribution in [0.15, 0.2) is 24.3 Å². The second-order valence-electron chi connectivity index (χ2n) is 4.01. The standard InChI is InChI=1S/C11H16N2O/c12-8-11(6-1-7-11)13-9-2-4-10(14)5-3-9/h2-5,13-14H,1,6-8,12H2. The third-order valence-electron chi connectivity index (χ3n) is 2.98. The summed E-state index contributed by atoms with van der Waals surface area (Å²) >= 11 is 0. The first-order valence-corrected chi connectivity index (χ1v) is 5.01. The molecule has 14 heavy (non-hydrogen) atoms. The Morgan fingerprint density at radius 2 is 1.93 bits per heavy atom. The summed E-state index contributed by atoms with van der Waals surface area (Å²) in [6, 6.07) is 7.13. The zero-order chi connectivity index (χ0) is 10.0. The number of rotatable bonds is 3. The van der Waals surface area contributed by atoms with Crippen LogP contribution in [0.5, 0.6) is 5.75 Å². The minimum Gasteiger partial charge on any atom is -0.508 e. The SMILES string of the molecule is NCC1(Nc2ccc(O)cc2)CCC1. The van der Waals surface area contributed by atoms with Crippen molar-refractivity contribution < 1.29 is 5.11 Å². The lowest BCUT2D eigenvalue weighted by Crippen LogP contribution is -2.51. The third-order valence-corrected chi connectivity index (χ3v) is 2.98. The average molecular weight is 192 g/mol. The van der Waals surface area contributed by atoms with Crippen LogP contribution in [0.4, 0.5) is 5.69 Å². The number of aromatic hydroxyl groups is 1. The van der Waals surface area contributed by atoms with Gasteiger partial charge in [0.25, 0.3) is 0 Å². The minimum atomic E-state index is 0.108. The van der Waals surface area contributed by atoms with Gasteiger partial charge in [-0.3, -0.25) is 0 Å². The van der Waals surface area contributed by atoms with Crippen molar-refractivity contribution >= 4 is 5.69 Å². The predicted octanol–water partition coefficient (Wildman–Crippen LogP) is 1.69. The normalized spacial score (nSPS) is 18.6. The number of anilines is 1. The van der Waals surface area contributed by atoms with Crippen molar-refractivity contribution in [1.82, 2.24) is 0 Å². The summed E-state index contributed by atoms with van der Waals surface area (Å²) in [6.45, 7) is 0.674. The summed E-state index contributed by atoms with van der Waals surface area (Å²) in [4.78, 5) is 0. The minimum absolute atomic E-state index is 0.108. The molecule has 1 saturated carbocycles. The predicted molar refractivity (Wildman–Crippen MR) is 57.4 cm³/mol. The van der Waals surface area contributed by atoms with Crippen LogP contribution in [0.1, 0.15) is 19.3 Å². The first-order valence-electron chi connectivity index (χ1n) is 5.01. The Hall–Kier alpha value is -1.22. The quantitative estimate of drug-likeness (QED) is 0.639. The molecule has 76 valence electrons. The zero-order valence-corrected chi connectivity index (χ0v) is 8.16. The van der Waals surface area contributed by atoms with Crippen molar-refractivity contribution in [2.75, 3.05) is 11.9 Å². The van der Waals surface area contributed by atoms with E-state index in [9.17, 15) is 0 Å². The van der Waals surface area contributed by atoms with Gasteiger partial charge in [0, 0.05) is 17.8 Å². The topological polar surface area (TPSA) is 58.3 Å². The molecule has 1 fully saturated rings. The molecule has 0 amide bonds. The number of nitrogens with two attached hydrogens (primary N) is 1. The van der Waals surface area contributed by atoms with Crippen molar-refractivity contribution in [3.05, 3.63) is 24.3 Å². The molecule has 0 radical (unpaired) electrons. The van der Waals surface area contributed by atoms with Gasteiger partial charge in [-0.1, -0.05) is 0 Å². The van der Waals surface area contributed by atoms with E-state index in [0.29, 0.717) is 12.3 Å². The molecule has 0 unspecified atom stereocenters. The molecular weight excluding hydrogens is 176 g/mol. The lowest BCUT2D eigenvalue weighted by molar-refractivity contribution is 0.287. The maximum Gasteiger partial charge on any atom is 0.115 e. The van der Waals surface area contributed by atoms with Crippen molar-refractivity contribution in [3.8, 4) is 5.75 Å². The molecule has 2 rings (SSSR count). The van der Waals surface area contributed by atoms with E-state index < -0.39 is 0 Å². The number of nitrogens with one attached hydrogen (secondary N) is 1. The first-order chi connectivity index (χ1) is 6.74. The Balaban J connectivity index is 2.06. The average Bonchev–Trinajstić information content (AvgIpc) is 2.15. The van der Waals surface area contributed by atoms with Crippen molar-refractivity contribution in [3.63, 3.8) is 0 Å². The van der Waals surface area contributed by atoms with Crippen molar-refractivity contribution in [1.29, 1.82) is 0 Å². The number of phenolic OH excluding ortho intramolecular Hbond substituents is 1. The summed E-state index contributed by atoms with van der Waals surface area (Å²) in [7, 11) is 0. The summed E-state index contributed by atoms with van der Waals surface area (Å²) in [5.41, 5.74) is 6.88. The fourth-order valence-corrected chi connectivity index (χ4v) is 1.83. The molecule has 1 aliphatic rings. The van der Waals surface area contributed by atoms with Crippen LogP contribution in [-0.2, 0) is 0 Å². The van der Waals surface area contributed by atoms with E-state index in [1.807, 2.05) is 12.1 Å². The Kier molecular flexibility index (Phi) is 2.33. The lowest BCUT2D eigenvalue weighted by Gasteiger charge is -2.42. The largest absolute Gasteiger partial charge is 0.508 e. The van der Waals surface area contributed by atoms with E-state index in [-0.39, 0.29) is 5.54 Å². The van der Waals surface area contributed by atoms with Crippen LogP contribution in [0.3, 0.4) is 0 Å². The molecule has 1 aromatic carbocycles. The molecule has 0 bridgehead atoms. The smallest absolute Gasteiger partial charge is 0.115 e. The Labute approximate surface area is 83.9 Å². The molecular formula is C11H16N2O. The maximum absolute atomic E-state index is 9.13. The summed E-state index contributed by atoms with van der Waals surface area (Å²) in [5, 5.41) is 12.6. The van der Waals surface area contributed by atoms with Gasteiger partial charge in [0.2, 0.25) is 0 Å². The highest BCUT2D eigenvalue weighted by atomic mass is 16.3. The Morgan fingerprint density at radius 3 is 2.36 bits per heavy atom. The van der Waals surface area contributed by atoms with Gasteiger partial charge in [0.15, 0.2) is 0 Å². The molecule has 3 heteroatoms. The highest BCUT2D eigenvalue weighted by Crippen LogP contribution is 2.34. The first kappa shape index (κ1) is 9.34. The summed E-state index contributed by atoms with van der Waals surface area (Å²) < 4.78 is 0. The van der Waals surface area contributed by atoms with Gasteiger partial charge in [0.1, 0.15) is 5.75 Å². The monoisotopic (exact) mass is 192 g/mol. The molecule has 0 saturated heterocycles. The fourth-order valence-electron chi connectivity index (χ4n) is 1.83. The van der Waals surface area contributed by atoms with Gasteiger partial charge in [-0.25, -0.2) is 0 Å². The van der Waals surface area contributed by atoms with Gasteiger partial charge >= 0.3 is 0 Å². The van der Waals surface area contributed by atoms with Crippen LogP contribution >= 0.6 is 0 Å². The van der Waals surface area contributed by atoms with E-state index in [2.05, 4.69) is 5.32 Å². The maximum atomic E-state index is 9.13. The number of hydrogen-bond donors (Lipinski definition) is 3. The van der Waals surface area contributed by atoms with Crippen LogP contribution in [0.25, 0.3) is 0 Å². The van der Waals surface area contributed by atoms with E-state index in [1.54, 1.807) is 12.1 Å². The molecule has 1 aliphatic carbocycles. The molecule has 3 nitrogen and oxygen atoms in total. The van der Waals surface area contributed by atoms with Gasteiger partial charge in [-0.15, -0.1) is 0 Å². The van der Waals surface area contributed by atoms with Crippen molar-refractivity contribution in [2.24, 2.45) is 5.73 Å². The third kappa shape index (κ3) is 1.68. The Morgan fingerprint density at radius 1 is 1.29 bits per heavy atom. The van der Waals surface area contributed by atoms with Gasteiger partial charge in [-0.05, 0) is 43.5 Å². The van der Waals surface area contributed by atoms with E-state index >= 15 is 0 Å². The van der Waals surface area contributed by atoms with Crippen LogP contribution in [0, 0.1) is 0 Å². The van der Waals surface area contributed by atoms with E-state index in [4.69, 9.17) is 10.8 Å². The number of hydrogen-bond acceptors (Lipinski definition) is 3. The fraction of sp³-hybridized carbons (Fsp3) is 0.455. The molecule has 0 aliphatic heterocycles. The highest BCUT2D eigenvalue weighted by Gasteiger charge is 2.35. The van der Waals surface area contributed by atoms with Gasteiger partial charge < -0.3 is 16.2 Å². The highest BCUT2D eigenvalue weighted by molar-refractivity contribution is 5.48. The van der Waals surface area contributed by atoms with Crippen LogP contribution in [0.2, 0.25) is 0 Å². The second kappa shape index (κ2) is 3.50. The van der Waals surface area contributed by atoms with Gasteiger partial charge in [0.05, 0.1) is 0 Å². The molecule has 1 aromatic rings. The van der Waals surface area contributed by atoms with E-state index in [0.717, 1.165) is 18.5 Å². The van der Waals surface area contributed by atoms with Crippen LogP contribution in [-0.4, -0.2) is 17.2 Å². The number of benzene rings is 1. The van der Waals surface area contributed by atoms with Crippen molar-refractivity contribution in [2.45, 2.75) is 24.8 Å².